The van der Waals surface area contributed by atoms with Crippen LogP contribution in [-0.2, 0) is 17.5 Å². The molecule has 142 valence electrons. The SMILES string of the molecule is CC(Sc1nnc2ccc(C(F)(F)F)cn12)C(=O)NCc1ccc(Cl)cc1. The zero-order valence-electron chi connectivity index (χ0n) is 14.0. The minimum absolute atomic E-state index is 0.213. The lowest BCUT2D eigenvalue weighted by atomic mass is 10.2. The molecule has 0 spiro atoms. The molecule has 2 heterocycles. The molecule has 10 heteroatoms. The Kier molecular flexibility index (Phi) is 5.61. The van der Waals surface area contributed by atoms with Crippen LogP contribution in [0.15, 0.2) is 47.8 Å². The minimum Gasteiger partial charge on any atom is -0.351 e. The Morgan fingerprint density at radius 3 is 2.59 bits per heavy atom. The van der Waals surface area contributed by atoms with Crippen LogP contribution in [0.5, 0.6) is 0 Å². The second-order valence-corrected chi connectivity index (χ2v) is 7.48. The van der Waals surface area contributed by atoms with Gasteiger partial charge in [0.1, 0.15) is 0 Å². The quantitative estimate of drug-likeness (QED) is 0.636. The predicted molar refractivity (Wildman–Crippen MR) is 96.6 cm³/mol. The lowest BCUT2D eigenvalue weighted by molar-refractivity contribution is -0.137. The number of carbonyl (C=O) groups excluding carboxylic acids is 1. The van der Waals surface area contributed by atoms with E-state index >= 15 is 0 Å². The number of carbonyl (C=O) groups is 1. The third-order valence-electron chi connectivity index (χ3n) is 3.73. The monoisotopic (exact) mass is 414 g/mol. The van der Waals surface area contributed by atoms with E-state index in [9.17, 15) is 18.0 Å². The number of alkyl halides is 3. The summed E-state index contributed by atoms with van der Waals surface area (Å²) in [6.07, 6.45) is -3.54. The molecule has 0 saturated carbocycles. The molecule has 5 nitrogen and oxygen atoms in total. The van der Waals surface area contributed by atoms with Gasteiger partial charge in [-0.1, -0.05) is 35.5 Å². The zero-order valence-corrected chi connectivity index (χ0v) is 15.6. The molecule has 0 aliphatic carbocycles. The van der Waals surface area contributed by atoms with Crippen molar-refractivity contribution in [2.24, 2.45) is 0 Å². The van der Waals surface area contributed by atoms with Crippen molar-refractivity contribution in [3.05, 3.63) is 58.7 Å². The van der Waals surface area contributed by atoms with Crippen molar-refractivity contribution in [1.29, 1.82) is 0 Å². The second kappa shape index (κ2) is 7.77. The van der Waals surface area contributed by atoms with Crippen molar-refractivity contribution in [2.75, 3.05) is 0 Å². The first-order valence-electron chi connectivity index (χ1n) is 7.85. The Morgan fingerprint density at radius 2 is 1.93 bits per heavy atom. The maximum atomic E-state index is 12.9. The van der Waals surface area contributed by atoms with E-state index in [0.717, 1.165) is 29.6 Å². The van der Waals surface area contributed by atoms with Crippen LogP contribution in [0, 0.1) is 0 Å². The van der Waals surface area contributed by atoms with Gasteiger partial charge in [0.2, 0.25) is 5.91 Å². The number of aromatic nitrogens is 3. The van der Waals surface area contributed by atoms with Crippen molar-refractivity contribution < 1.29 is 18.0 Å². The Bertz CT molecular complexity index is 959. The highest BCUT2D eigenvalue weighted by atomic mass is 35.5. The molecule has 3 aromatic rings. The van der Waals surface area contributed by atoms with Gasteiger partial charge in [-0.2, -0.15) is 13.2 Å². The molecule has 0 bridgehead atoms. The number of fused-ring (bicyclic) bond motifs is 1. The van der Waals surface area contributed by atoms with Crippen LogP contribution in [0.25, 0.3) is 5.65 Å². The lowest BCUT2D eigenvalue weighted by Gasteiger charge is -2.12. The first kappa shape index (κ1) is 19.5. The van der Waals surface area contributed by atoms with Gasteiger partial charge < -0.3 is 5.32 Å². The summed E-state index contributed by atoms with van der Waals surface area (Å²) in [6, 6.07) is 9.23. The number of hydrogen-bond donors (Lipinski definition) is 1. The number of nitrogens with one attached hydrogen (secondary N) is 1. The van der Waals surface area contributed by atoms with E-state index in [1.54, 1.807) is 31.2 Å². The Hall–Kier alpha value is -2.26. The van der Waals surface area contributed by atoms with Crippen LogP contribution < -0.4 is 5.32 Å². The molecule has 0 aliphatic rings. The standard InChI is InChI=1S/C17H14ClF3N4OS/c1-10(15(26)22-8-11-2-5-13(18)6-3-11)27-16-24-23-14-7-4-12(9-25(14)16)17(19,20)21/h2-7,9-10H,8H2,1H3,(H,22,26). The van der Waals surface area contributed by atoms with E-state index in [2.05, 4.69) is 15.5 Å². The van der Waals surface area contributed by atoms with Crippen molar-refractivity contribution >= 4 is 34.9 Å². The highest BCUT2D eigenvalue weighted by Crippen LogP contribution is 2.30. The first-order chi connectivity index (χ1) is 12.7. The molecule has 1 N–H and O–H groups in total. The topological polar surface area (TPSA) is 59.3 Å². The van der Waals surface area contributed by atoms with Gasteiger partial charge >= 0.3 is 6.18 Å². The summed E-state index contributed by atoms with van der Waals surface area (Å²) < 4.78 is 39.9. The van der Waals surface area contributed by atoms with Gasteiger partial charge in [-0.15, -0.1) is 10.2 Å². The molecular weight excluding hydrogens is 401 g/mol. The van der Waals surface area contributed by atoms with Crippen LogP contribution in [0.3, 0.4) is 0 Å². The van der Waals surface area contributed by atoms with Crippen LogP contribution in [0.4, 0.5) is 13.2 Å². The Balaban J connectivity index is 1.68. The predicted octanol–water partition coefficient (Wildman–Crippen LogP) is 4.20. The van der Waals surface area contributed by atoms with Crippen molar-refractivity contribution in [2.45, 2.75) is 30.1 Å². The number of rotatable bonds is 5. The van der Waals surface area contributed by atoms with Crippen LogP contribution >= 0.6 is 23.4 Å². The number of nitrogens with zero attached hydrogens (tertiary/aromatic N) is 3. The molecule has 1 unspecified atom stereocenters. The van der Waals surface area contributed by atoms with Crippen LogP contribution in [0.1, 0.15) is 18.1 Å². The summed E-state index contributed by atoms with van der Waals surface area (Å²) in [5.41, 5.74) is 0.350. The molecule has 0 saturated heterocycles. The molecule has 1 atom stereocenters. The molecule has 0 radical (unpaired) electrons. The van der Waals surface area contributed by atoms with Gasteiger partial charge in [-0.25, -0.2) is 0 Å². The molecule has 0 aliphatic heterocycles. The van der Waals surface area contributed by atoms with E-state index in [-0.39, 0.29) is 16.7 Å². The van der Waals surface area contributed by atoms with Crippen LogP contribution in [0.2, 0.25) is 5.02 Å². The highest BCUT2D eigenvalue weighted by molar-refractivity contribution is 8.00. The fraction of sp³-hybridized carbons (Fsp3) is 0.235. The Morgan fingerprint density at radius 1 is 1.22 bits per heavy atom. The van der Waals surface area contributed by atoms with Gasteiger partial charge in [-0.3, -0.25) is 9.20 Å². The molecule has 0 fully saturated rings. The van der Waals surface area contributed by atoms with Crippen molar-refractivity contribution in [1.82, 2.24) is 19.9 Å². The number of benzene rings is 1. The summed E-state index contributed by atoms with van der Waals surface area (Å²) in [4.78, 5) is 12.3. The van der Waals surface area contributed by atoms with Crippen molar-refractivity contribution in [3.8, 4) is 0 Å². The number of thioether (sulfide) groups is 1. The van der Waals surface area contributed by atoms with Gasteiger partial charge in [0, 0.05) is 17.8 Å². The van der Waals surface area contributed by atoms with E-state index in [0.29, 0.717) is 11.6 Å². The molecular formula is C17H14ClF3N4OS. The fourth-order valence-electron chi connectivity index (χ4n) is 2.26. The average Bonchev–Trinajstić information content (AvgIpc) is 3.02. The third kappa shape index (κ3) is 4.72. The minimum atomic E-state index is -4.47. The number of halogens is 4. The Labute approximate surface area is 161 Å². The second-order valence-electron chi connectivity index (χ2n) is 5.73. The van der Waals surface area contributed by atoms with Crippen molar-refractivity contribution in [3.63, 3.8) is 0 Å². The number of amides is 1. The lowest BCUT2D eigenvalue weighted by Crippen LogP contribution is -2.30. The molecule has 2 aromatic heterocycles. The first-order valence-corrected chi connectivity index (χ1v) is 9.10. The largest absolute Gasteiger partial charge is 0.417 e. The average molecular weight is 415 g/mol. The molecule has 1 amide bonds. The van der Waals surface area contributed by atoms with Gasteiger partial charge in [-0.05, 0) is 36.8 Å². The van der Waals surface area contributed by atoms with Gasteiger partial charge in [0.25, 0.3) is 0 Å². The molecule has 3 rings (SSSR count). The van der Waals surface area contributed by atoms with Gasteiger partial charge in [0.15, 0.2) is 10.8 Å². The van der Waals surface area contributed by atoms with E-state index in [1.165, 1.54) is 10.5 Å². The zero-order chi connectivity index (χ0) is 19.6. The summed E-state index contributed by atoms with van der Waals surface area (Å²) in [6.45, 7) is 1.97. The molecule has 27 heavy (non-hydrogen) atoms. The normalized spacial score (nSPS) is 12.9. The summed E-state index contributed by atoms with van der Waals surface area (Å²) in [5.74, 6) is -0.265. The van der Waals surface area contributed by atoms with Crippen LogP contribution in [-0.4, -0.2) is 25.8 Å². The van der Waals surface area contributed by atoms with E-state index in [4.69, 9.17) is 11.6 Å². The molecule has 1 aromatic carbocycles. The van der Waals surface area contributed by atoms with E-state index in [1.807, 2.05) is 0 Å². The summed E-state index contributed by atoms with van der Waals surface area (Å²) >= 11 is 6.85. The maximum Gasteiger partial charge on any atom is 0.417 e. The van der Waals surface area contributed by atoms with E-state index < -0.39 is 17.0 Å². The smallest absolute Gasteiger partial charge is 0.351 e. The summed E-state index contributed by atoms with van der Waals surface area (Å²) in [5, 5.41) is 10.7. The number of hydrogen-bond acceptors (Lipinski definition) is 4. The summed E-state index contributed by atoms with van der Waals surface area (Å²) in [7, 11) is 0. The number of pyridine rings is 1. The third-order valence-corrected chi connectivity index (χ3v) is 5.04. The van der Waals surface area contributed by atoms with Gasteiger partial charge in [0.05, 0.1) is 10.8 Å². The highest BCUT2D eigenvalue weighted by Gasteiger charge is 2.31. The fourth-order valence-corrected chi connectivity index (χ4v) is 3.24. The maximum absolute atomic E-state index is 12.9.